The molecule has 0 unspecified atom stereocenters. The Balaban J connectivity index is 1.43. The minimum Gasteiger partial charge on any atom is -0.493 e. The molecule has 1 fully saturated rings. The quantitative estimate of drug-likeness (QED) is 0.342. The van der Waals surface area contributed by atoms with Gasteiger partial charge in [0, 0.05) is 43.0 Å². The molecule has 1 amide bonds. The van der Waals surface area contributed by atoms with E-state index in [0.29, 0.717) is 48.5 Å². The zero-order chi connectivity index (χ0) is 28.2. The molecule has 0 bridgehead atoms. The van der Waals surface area contributed by atoms with Gasteiger partial charge in [0.25, 0.3) is 0 Å². The standard InChI is InChI=1S/C30H34ClN3O6/c1-4-39-27(36)15-19-10-13-33(14-11-19)26(35)17-25-23-8-6-12-34(23)30-22(16-20(31)18-32-30)28(40-25)21-7-5-9-24(37-2)29(21)38-3/h5-9,12,16,18-19,25,28H,4,10-11,13-15,17H2,1-3H3/t25-,28-/m0/s1. The van der Waals surface area contributed by atoms with Crippen molar-refractivity contribution >= 4 is 23.5 Å². The highest BCUT2D eigenvalue weighted by Gasteiger charge is 2.36. The molecular formula is C30H34ClN3O6. The predicted molar refractivity (Wildman–Crippen MR) is 149 cm³/mol. The summed E-state index contributed by atoms with van der Waals surface area (Å²) >= 11 is 6.43. The summed E-state index contributed by atoms with van der Waals surface area (Å²) in [4.78, 5) is 32.0. The number of piperidine rings is 1. The van der Waals surface area contributed by atoms with Gasteiger partial charge in [0.1, 0.15) is 18.0 Å². The molecule has 2 aliphatic rings. The van der Waals surface area contributed by atoms with Crippen LogP contribution in [-0.4, -0.2) is 60.2 Å². The molecule has 40 heavy (non-hydrogen) atoms. The highest BCUT2D eigenvalue weighted by atomic mass is 35.5. The third-order valence-corrected chi connectivity index (χ3v) is 7.79. The summed E-state index contributed by atoms with van der Waals surface area (Å²) in [5.74, 6) is 1.84. The van der Waals surface area contributed by atoms with Gasteiger partial charge >= 0.3 is 5.97 Å². The Morgan fingerprint density at radius 3 is 2.60 bits per heavy atom. The summed E-state index contributed by atoms with van der Waals surface area (Å²) in [7, 11) is 3.18. The van der Waals surface area contributed by atoms with Crippen LogP contribution in [-0.2, 0) is 19.1 Å². The molecule has 2 aromatic heterocycles. The number of likely N-dealkylation sites (tertiary alicyclic amines) is 1. The van der Waals surface area contributed by atoms with Crippen LogP contribution in [0.25, 0.3) is 5.82 Å². The molecule has 0 aliphatic carbocycles. The minimum atomic E-state index is -0.626. The number of aromatic nitrogens is 2. The number of rotatable bonds is 8. The van der Waals surface area contributed by atoms with Gasteiger partial charge in [-0.2, -0.15) is 0 Å². The van der Waals surface area contributed by atoms with Crippen molar-refractivity contribution in [2.45, 2.75) is 44.8 Å². The largest absolute Gasteiger partial charge is 0.493 e. The van der Waals surface area contributed by atoms with Crippen molar-refractivity contribution in [2.75, 3.05) is 33.9 Å². The lowest BCUT2D eigenvalue weighted by Crippen LogP contribution is -2.39. The first-order valence-corrected chi connectivity index (χ1v) is 13.9. The number of amides is 1. The van der Waals surface area contributed by atoms with Crippen molar-refractivity contribution in [1.82, 2.24) is 14.5 Å². The predicted octanol–water partition coefficient (Wildman–Crippen LogP) is 5.29. The number of halogens is 1. The van der Waals surface area contributed by atoms with Crippen LogP contribution in [0.3, 0.4) is 0 Å². The van der Waals surface area contributed by atoms with Crippen LogP contribution < -0.4 is 9.47 Å². The second kappa shape index (κ2) is 12.3. The Hall–Kier alpha value is -3.56. The summed E-state index contributed by atoms with van der Waals surface area (Å²) in [6.07, 6.45) is 4.42. The van der Waals surface area contributed by atoms with E-state index >= 15 is 0 Å². The second-order valence-electron chi connectivity index (χ2n) is 9.99. The molecule has 3 aromatic rings. The van der Waals surface area contributed by atoms with E-state index in [9.17, 15) is 9.59 Å². The number of ether oxygens (including phenoxy) is 4. The molecule has 10 heteroatoms. The summed E-state index contributed by atoms with van der Waals surface area (Å²) in [6.45, 7) is 3.39. The van der Waals surface area contributed by atoms with Crippen LogP contribution in [0, 0.1) is 5.92 Å². The molecule has 2 atom stereocenters. The number of methoxy groups -OCH3 is 2. The number of benzene rings is 1. The van der Waals surface area contributed by atoms with Crippen LogP contribution in [0.4, 0.5) is 0 Å². The lowest BCUT2D eigenvalue weighted by Gasteiger charge is -2.33. The van der Waals surface area contributed by atoms with E-state index in [1.807, 2.05) is 59.0 Å². The van der Waals surface area contributed by atoms with Gasteiger partial charge in [-0.25, -0.2) is 4.98 Å². The second-order valence-corrected chi connectivity index (χ2v) is 10.4. The summed E-state index contributed by atoms with van der Waals surface area (Å²) in [6, 6.07) is 11.3. The Bertz CT molecular complexity index is 1370. The van der Waals surface area contributed by atoms with Crippen molar-refractivity contribution in [3.05, 3.63) is 70.6 Å². The van der Waals surface area contributed by atoms with Crippen LogP contribution >= 0.6 is 11.6 Å². The molecule has 4 heterocycles. The molecule has 2 aliphatic heterocycles. The maximum Gasteiger partial charge on any atom is 0.306 e. The fourth-order valence-electron chi connectivity index (χ4n) is 5.64. The zero-order valence-corrected chi connectivity index (χ0v) is 23.7. The highest BCUT2D eigenvalue weighted by Crippen LogP contribution is 2.46. The van der Waals surface area contributed by atoms with Crippen molar-refractivity contribution in [3.8, 4) is 17.3 Å². The first kappa shape index (κ1) is 28.0. The van der Waals surface area contributed by atoms with Crippen LogP contribution in [0.15, 0.2) is 48.8 Å². The van der Waals surface area contributed by atoms with Crippen LogP contribution in [0.1, 0.15) is 61.6 Å². The van der Waals surface area contributed by atoms with Gasteiger partial charge < -0.3 is 28.4 Å². The van der Waals surface area contributed by atoms with E-state index < -0.39 is 12.2 Å². The number of para-hydroxylation sites is 1. The number of carbonyl (C=O) groups excluding carboxylic acids is 2. The Kier molecular flexibility index (Phi) is 8.61. The van der Waals surface area contributed by atoms with E-state index in [0.717, 1.165) is 29.7 Å². The fraction of sp³-hybridized carbons (Fsp3) is 0.433. The minimum absolute atomic E-state index is 0.000592. The molecule has 5 rings (SSSR count). The number of nitrogens with zero attached hydrogens (tertiary/aromatic N) is 3. The first-order chi connectivity index (χ1) is 19.4. The van der Waals surface area contributed by atoms with E-state index in [-0.39, 0.29) is 24.2 Å². The Morgan fingerprint density at radius 1 is 1.07 bits per heavy atom. The van der Waals surface area contributed by atoms with E-state index in [2.05, 4.69) is 4.98 Å². The lowest BCUT2D eigenvalue weighted by molar-refractivity contribution is -0.144. The summed E-state index contributed by atoms with van der Waals surface area (Å²) in [5, 5.41) is 0.475. The van der Waals surface area contributed by atoms with Gasteiger partial charge in [-0.1, -0.05) is 23.7 Å². The molecule has 0 saturated carbocycles. The molecular weight excluding hydrogens is 534 g/mol. The lowest BCUT2D eigenvalue weighted by atomic mass is 9.93. The maximum absolute atomic E-state index is 13.6. The number of hydrogen-bond donors (Lipinski definition) is 0. The smallest absolute Gasteiger partial charge is 0.306 e. The van der Waals surface area contributed by atoms with Gasteiger partial charge in [-0.3, -0.25) is 9.59 Å². The van der Waals surface area contributed by atoms with Crippen molar-refractivity contribution in [3.63, 3.8) is 0 Å². The van der Waals surface area contributed by atoms with Crippen molar-refractivity contribution < 1.29 is 28.5 Å². The van der Waals surface area contributed by atoms with Crippen LogP contribution in [0.5, 0.6) is 11.5 Å². The molecule has 0 spiro atoms. The molecule has 1 saturated heterocycles. The van der Waals surface area contributed by atoms with E-state index in [4.69, 9.17) is 30.5 Å². The molecule has 0 N–H and O–H groups in total. The number of esters is 1. The normalized spacial score (nSPS) is 18.9. The summed E-state index contributed by atoms with van der Waals surface area (Å²) in [5.41, 5.74) is 2.33. The summed E-state index contributed by atoms with van der Waals surface area (Å²) < 4.78 is 25.2. The van der Waals surface area contributed by atoms with Gasteiger partial charge in [0.2, 0.25) is 5.91 Å². The average molecular weight is 568 g/mol. The zero-order valence-electron chi connectivity index (χ0n) is 23.0. The Morgan fingerprint density at radius 2 is 1.88 bits per heavy atom. The maximum atomic E-state index is 13.6. The highest BCUT2D eigenvalue weighted by molar-refractivity contribution is 6.30. The Labute approximate surface area is 238 Å². The first-order valence-electron chi connectivity index (χ1n) is 13.6. The number of hydrogen-bond acceptors (Lipinski definition) is 7. The molecule has 212 valence electrons. The SMILES string of the molecule is CCOC(=O)CC1CCN(C(=O)C[C@@H]2O[C@@H](c3cccc(OC)c3OC)c3cc(Cl)cnc3-n3cccc32)CC1. The third kappa shape index (κ3) is 5.67. The number of fused-ring (bicyclic) bond motifs is 3. The third-order valence-electron chi connectivity index (χ3n) is 7.59. The van der Waals surface area contributed by atoms with Crippen LogP contribution in [0.2, 0.25) is 5.02 Å². The van der Waals surface area contributed by atoms with Gasteiger partial charge in [0.05, 0.1) is 38.0 Å². The van der Waals surface area contributed by atoms with E-state index in [1.54, 1.807) is 20.4 Å². The van der Waals surface area contributed by atoms with Crippen molar-refractivity contribution in [2.24, 2.45) is 5.92 Å². The number of carbonyl (C=O) groups is 2. The van der Waals surface area contributed by atoms with Gasteiger partial charge in [-0.15, -0.1) is 0 Å². The monoisotopic (exact) mass is 567 g/mol. The molecule has 0 radical (unpaired) electrons. The van der Waals surface area contributed by atoms with Gasteiger partial charge in [0.15, 0.2) is 11.5 Å². The fourth-order valence-corrected chi connectivity index (χ4v) is 5.81. The topological polar surface area (TPSA) is 92.1 Å². The average Bonchev–Trinajstić information content (AvgIpc) is 3.40. The number of pyridine rings is 1. The molecule has 1 aromatic carbocycles. The van der Waals surface area contributed by atoms with Gasteiger partial charge in [-0.05, 0) is 49.9 Å². The molecule has 9 nitrogen and oxygen atoms in total. The van der Waals surface area contributed by atoms with E-state index in [1.165, 1.54) is 0 Å². The van der Waals surface area contributed by atoms with Crippen molar-refractivity contribution in [1.29, 1.82) is 0 Å².